The van der Waals surface area contributed by atoms with E-state index in [9.17, 15) is 9.59 Å². The summed E-state index contributed by atoms with van der Waals surface area (Å²) >= 11 is 0. The Morgan fingerprint density at radius 2 is 1.84 bits per heavy atom. The lowest BCUT2D eigenvalue weighted by atomic mass is 9.80. The van der Waals surface area contributed by atoms with Gasteiger partial charge in [-0.2, -0.15) is 0 Å². The molecule has 1 aromatic carbocycles. The maximum absolute atomic E-state index is 12.4. The van der Waals surface area contributed by atoms with E-state index in [2.05, 4.69) is 5.73 Å². The van der Waals surface area contributed by atoms with Crippen molar-refractivity contribution in [3.63, 3.8) is 0 Å². The summed E-state index contributed by atoms with van der Waals surface area (Å²) in [7, 11) is 0. The van der Waals surface area contributed by atoms with E-state index in [0.717, 1.165) is 0 Å². The number of carboxylic acid groups (broad SMARTS) is 1. The molecule has 0 fully saturated rings. The fourth-order valence-electron chi connectivity index (χ4n) is 2.11. The Balaban J connectivity index is 0.000000705. The summed E-state index contributed by atoms with van der Waals surface area (Å²) in [5.41, 5.74) is 3.64. The maximum Gasteiger partial charge on any atom is 0.402 e. The molecule has 0 aromatic heterocycles. The van der Waals surface area contributed by atoms with Crippen molar-refractivity contribution in [2.24, 2.45) is 11.1 Å². The third-order valence-electron chi connectivity index (χ3n) is 3.28. The zero-order valence-corrected chi connectivity index (χ0v) is 14.1. The molecule has 134 valence electrons. The minimum absolute atomic E-state index is 0.272. The first kappa shape index (κ1) is 20.0. The normalized spacial score (nSPS) is 18.2. The smallest absolute Gasteiger partial charge is 0.402 e. The van der Waals surface area contributed by atoms with Crippen LogP contribution in [-0.2, 0) is 14.3 Å². The first-order valence-corrected chi connectivity index (χ1v) is 7.59. The Labute approximate surface area is 145 Å². The van der Waals surface area contributed by atoms with Crippen molar-refractivity contribution in [1.29, 1.82) is 0 Å². The molecule has 1 aromatic rings. The lowest BCUT2D eigenvalue weighted by Gasteiger charge is -2.26. The molecule has 7 heteroatoms. The molecule has 2 rings (SSSR count). The number of amides is 1. The number of rotatable bonds is 4. The Hall–Kier alpha value is -3.09. The second-order valence-electron chi connectivity index (χ2n) is 5.41. The molecule has 0 aliphatic heterocycles. The van der Waals surface area contributed by atoms with Gasteiger partial charge >= 0.3 is 18.0 Å². The summed E-state index contributed by atoms with van der Waals surface area (Å²) in [6.07, 6.45) is 4.06. The third kappa shape index (κ3) is 6.50. The number of allylic oxidation sites excluding steroid dienone is 2. The zero-order chi connectivity index (χ0) is 18.9. The standard InChI is InChI=1S/C17H18O4.CH3NO2/c1-3-20-15(18)13-8-7-11-17(2,12-13)16(19)21-14-9-5-4-6-10-14;2-1(3)4/h4-11H,3,12H2,1-2H3;2H2,(H,3,4). The van der Waals surface area contributed by atoms with Crippen LogP contribution in [-0.4, -0.2) is 29.7 Å². The first-order chi connectivity index (χ1) is 11.8. The minimum atomic E-state index is -1.33. The molecule has 0 spiro atoms. The molecule has 0 bridgehead atoms. The van der Waals surface area contributed by atoms with Crippen molar-refractivity contribution in [3.8, 4) is 5.75 Å². The molecule has 1 aliphatic carbocycles. The Kier molecular flexibility index (Phi) is 7.40. The average Bonchev–Trinajstić information content (AvgIpc) is 2.55. The van der Waals surface area contributed by atoms with Gasteiger partial charge in [-0.25, -0.2) is 9.59 Å². The predicted molar refractivity (Wildman–Crippen MR) is 90.9 cm³/mol. The van der Waals surface area contributed by atoms with Crippen molar-refractivity contribution in [2.75, 3.05) is 6.61 Å². The number of carbonyl (C=O) groups is 3. The van der Waals surface area contributed by atoms with E-state index in [1.54, 1.807) is 56.3 Å². The molecule has 0 heterocycles. The zero-order valence-electron chi connectivity index (χ0n) is 14.1. The minimum Gasteiger partial charge on any atom is -0.465 e. The largest absolute Gasteiger partial charge is 0.465 e. The Morgan fingerprint density at radius 3 is 2.40 bits per heavy atom. The molecule has 25 heavy (non-hydrogen) atoms. The van der Waals surface area contributed by atoms with Crippen LogP contribution in [0.4, 0.5) is 4.79 Å². The predicted octanol–water partition coefficient (Wildman–Crippen LogP) is 2.67. The highest BCUT2D eigenvalue weighted by atomic mass is 16.5. The lowest BCUT2D eigenvalue weighted by Crippen LogP contribution is -2.33. The quantitative estimate of drug-likeness (QED) is 0.639. The van der Waals surface area contributed by atoms with Gasteiger partial charge in [0.05, 0.1) is 12.0 Å². The van der Waals surface area contributed by atoms with Gasteiger partial charge in [0.15, 0.2) is 0 Å². The van der Waals surface area contributed by atoms with Crippen molar-refractivity contribution in [2.45, 2.75) is 20.3 Å². The number of carbonyl (C=O) groups excluding carboxylic acids is 2. The molecular formula is C18H21NO6. The number of primary amides is 1. The summed E-state index contributed by atoms with van der Waals surface area (Å²) in [5, 5.41) is 7.19. The number of hydrogen-bond donors (Lipinski definition) is 2. The van der Waals surface area contributed by atoms with E-state index in [-0.39, 0.29) is 18.4 Å². The number of para-hydroxylation sites is 1. The molecule has 7 nitrogen and oxygen atoms in total. The summed E-state index contributed by atoms with van der Waals surface area (Å²) < 4.78 is 10.4. The maximum atomic E-state index is 12.4. The van der Waals surface area contributed by atoms with Crippen LogP contribution in [0.15, 0.2) is 54.1 Å². The van der Waals surface area contributed by atoms with Crippen LogP contribution in [0, 0.1) is 5.41 Å². The van der Waals surface area contributed by atoms with Gasteiger partial charge in [0.2, 0.25) is 0 Å². The van der Waals surface area contributed by atoms with Crippen molar-refractivity contribution < 1.29 is 29.0 Å². The van der Waals surface area contributed by atoms with Gasteiger partial charge in [0.25, 0.3) is 0 Å². The van der Waals surface area contributed by atoms with Gasteiger partial charge in [-0.05, 0) is 32.4 Å². The molecule has 1 atom stereocenters. The number of benzene rings is 1. The fraction of sp³-hybridized carbons (Fsp3) is 0.278. The van der Waals surface area contributed by atoms with Gasteiger partial charge in [-0.3, -0.25) is 4.79 Å². The highest BCUT2D eigenvalue weighted by molar-refractivity contribution is 5.92. The average molecular weight is 347 g/mol. The molecule has 0 saturated heterocycles. The molecular weight excluding hydrogens is 326 g/mol. The van der Waals surface area contributed by atoms with Crippen LogP contribution in [0.3, 0.4) is 0 Å². The molecule has 3 N–H and O–H groups in total. The Bertz CT molecular complexity index is 676. The van der Waals surface area contributed by atoms with E-state index in [0.29, 0.717) is 17.9 Å². The van der Waals surface area contributed by atoms with Gasteiger partial charge in [0, 0.05) is 5.57 Å². The van der Waals surface area contributed by atoms with Gasteiger partial charge in [0.1, 0.15) is 5.75 Å². The SMILES string of the molecule is CCOC(=O)C1=CC=CC(C)(C(=O)Oc2ccccc2)C1.NC(=O)O. The Morgan fingerprint density at radius 1 is 1.24 bits per heavy atom. The first-order valence-electron chi connectivity index (χ1n) is 7.59. The monoisotopic (exact) mass is 347 g/mol. The van der Waals surface area contributed by atoms with E-state index < -0.39 is 11.5 Å². The number of nitrogens with two attached hydrogens (primary N) is 1. The van der Waals surface area contributed by atoms with Gasteiger partial charge < -0.3 is 20.3 Å². The molecule has 0 radical (unpaired) electrons. The highest BCUT2D eigenvalue weighted by Crippen LogP contribution is 2.33. The molecule has 1 aliphatic rings. The van der Waals surface area contributed by atoms with Crippen LogP contribution < -0.4 is 10.5 Å². The molecule has 1 unspecified atom stereocenters. The summed E-state index contributed by atoms with van der Waals surface area (Å²) in [5.74, 6) is -0.287. The summed E-state index contributed by atoms with van der Waals surface area (Å²) in [4.78, 5) is 32.9. The van der Waals surface area contributed by atoms with E-state index in [1.165, 1.54) is 0 Å². The van der Waals surface area contributed by atoms with E-state index in [1.807, 2.05) is 6.07 Å². The van der Waals surface area contributed by atoms with Crippen LogP contribution in [0.1, 0.15) is 20.3 Å². The van der Waals surface area contributed by atoms with Crippen molar-refractivity contribution >= 4 is 18.0 Å². The van der Waals surface area contributed by atoms with Crippen molar-refractivity contribution in [1.82, 2.24) is 0 Å². The van der Waals surface area contributed by atoms with Crippen LogP contribution in [0.2, 0.25) is 0 Å². The van der Waals surface area contributed by atoms with Crippen LogP contribution in [0.5, 0.6) is 5.75 Å². The summed E-state index contributed by atoms with van der Waals surface area (Å²) in [6, 6.07) is 8.88. The molecule has 0 saturated carbocycles. The third-order valence-corrected chi connectivity index (χ3v) is 3.28. The lowest BCUT2D eigenvalue weighted by molar-refractivity contribution is -0.143. The van der Waals surface area contributed by atoms with Crippen LogP contribution >= 0.6 is 0 Å². The topological polar surface area (TPSA) is 116 Å². The second kappa shape index (κ2) is 9.27. The number of esters is 2. The second-order valence-corrected chi connectivity index (χ2v) is 5.41. The van der Waals surface area contributed by atoms with Crippen LogP contribution in [0.25, 0.3) is 0 Å². The number of hydrogen-bond acceptors (Lipinski definition) is 5. The fourth-order valence-corrected chi connectivity index (χ4v) is 2.11. The van der Waals surface area contributed by atoms with Gasteiger partial charge in [-0.1, -0.05) is 36.4 Å². The van der Waals surface area contributed by atoms with Crippen molar-refractivity contribution in [3.05, 3.63) is 54.1 Å². The van der Waals surface area contributed by atoms with Gasteiger partial charge in [-0.15, -0.1) is 0 Å². The van der Waals surface area contributed by atoms with E-state index >= 15 is 0 Å². The number of ether oxygens (including phenoxy) is 2. The molecule has 1 amide bonds. The van der Waals surface area contributed by atoms with E-state index in [4.69, 9.17) is 19.4 Å². The summed E-state index contributed by atoms with van der Waals surface area (Å²) in [6.45, 7) is 3.81. The highest BCUT2D eigenvalue weighted by Gasteiger charge is 2.37.